The largest absolute Gasteiger partial charge is 0.378 e. The van der Waals surface area contributed by atoms with Gasteiger partial charge in [0.05, 0.1) is 23.9 Å². The van der Waals surface area contributed by atoms with Crippen LogP contribution in [0.15, 0.2) is 0 Å². The Morgan fingerprint density at radius 2 is 2.00 bits per heavy atom. The Morgan fingerprint density at radius 3 is 2.62 bits per heavy atom. The number of hydrogen-bond donors (Lipinski definition) is 2. The van der Waals surface area contributed by atoms with Crippen LogP contribution >= 0.6 is 0 Å². The molecule has 0 aromatic rings. The molecule has 1 saturated carbocycles. The van der Waals surface area contributed by atoms with E-state index in [2.05, 4.69) is 5.43 Å². The monoisotopic (exact) mass is 298 g/mol. The van der Waals surface area contributed by atoms with Gasteiger partial charge in [0.15, 0.2) is 0 Å². The predicted molar refractivity (Wildman–Crippen MR) is 80.8 cm³/mol. The molecule has 0 amide bonds. The van der Waals surface area contributed by atoms with Crippen LogP contribution in [0.1, 0.15) is 51.4 Å². The van der Waals surface area contributed by atoms with Gasteiger partial charge in [-0.3, -0.25) is 11.3 Å². The van der Waals surface area contributed by atoms with Crippen molar-refractivity contribution in [1.82, 2.24) is 5.43 Å². The molecular weight excluding hydrogens is 268 g/mol. The fraction of sp³-hybridized carbons (Fsp3) is 1.00. The number of nitrogens with one attached hydrogen (secondary N) is 1. The van der Waals surface area contributed by atoms with Gasteiger partial charge in [-0.25, -0.2) is 0 Å². The summed E-state index contributed by atoms with van der Waals surface area (Å²) in [6.07, 6.45) is 9.12. The van der Waals surface area contributed by atoms with Crippen LogP contribution in [0, 0.1) is 5.92 Å². The highest BCUT2D eigenvalue weighted by Gasteiger charge is 2.49. The van der Waals surface area contributed by atoms with Gasteiger partial charge < -0.3 is 14.2 Å². The van der Waals surface area contributed by atoms with Crippen molar-refractivity contribution in [3.63, 3.8) is 0 Å². The molecule has 3 atom stereocenters. The molecule has 3 fully saturated rings. The fourth-order valence-electron chi connectivity index (χ4n) is 4.72. The second kappa shape index (κ2) is 6.50. The number of methoxy groups -OCH3 is 1. The molecule has 1 aliphatic carbocycles. The Hall–Kier alpha value is -0.200. The molecule has 5 nitrogen and oxygen atoms in total. The van der Waals surface area contributed by atoms with E-state index in [1.807, 2.05) is 7.11 Å². The number of ether oxygens (including phenoxy) is 3. The van der Waals surface area contributed by atoms with Crippen molar-refractivity contribution in [2.75, 3.05) is 26.9 Å². The van der Waals surface area contributed by atoms with Crippen molar-refractivity contribution >= 4 is 0 Å². The molecule has 0 bridgehead atoms. The van der Waals surface area contributed by atoms with E-state index in [4.69, 9.17) is 20.1 Å². The molecule has 0 aromatic heterocycles. The maximum Gasteiger partial charge on any atom is 0.0939 e. The van der Waals surface area contributed by atoms with Crippen LogP contribution in [0.25, 0.3) is 0 Å². The van der Waals surface area contributed by atoms with E-state index in [-0.39, 0.29) is 17.2 Å². The number of rotatable bonds is 4. The van der Waals surface area contributed by atoms with Crippen LogP contribution in [0.3, 0.4) is 0 Å². The van der Waals surface area contributed by atoms with Crippen molar-refractivity contribution in [1.29, 1.82) is 0 Å². The normalized spacial score (nSPS) is 37.7. The molecule has 2 aliphatic heterocycles. The summed E-state index contributed by atoms with van der Waals surface area (Å²) in [5, 5.41) is 0. The Balaban J connectivity index is 1.75. The van der Waals surface area contributed by atoms with Gasteiger partial charge in [0.2, 0.25) is 0 Å². The summed E-state index contributed by atoms with van der Waals surface area (Å²) in [5.41, 5.74) is 2.95. The van der Waals surface area contributed by atoms with E-state index in [1.165, 1.54) is 19.3 Å². The molecule has 3 N–H and O–H groups in total. The summed E-state index contributed by atoms with van der Waals surface area (Å²) in [7, 11) is 1.85. The third-order valence-corrected chi connectivity index (χ3v) is 5.92. The van der Waals surface area contributed by atoms with Gasteiger partial charge in [-0.15, -0.1) is 0 Å². The number of hydrogen-bond acceptors (Lipinski definition) is 5. The molecular formula is C16H30N2O3. The Kier molecular flexibility index (Phi) is 4.86. The van der Waals surface area contributed by atoms with Gasteiger partial charge in [-0.2, -0.15) is 0 Å². The first-order valence-electron chi connectivity index (χ1n) is 8.47. The molecule has 3 unspecified atom stereocenters. The maximum absolute atomic E-state index is 6.07. The van der Waals surface area contributed by atoms with Crippen LogP contribution < -0.4 is 11.3 Å². The lowest BCUT2D eigenvalue weighted by Gasteiger charge is -2.48. The summed E-state index contributed by atoms with van der Waals surface area (Å²) in [5.74, 6) is 6.48. The maximum atomic E-state index is 6.07. The van der Waals surface area contributed by atoms with Gasteiger partial charge in [0.25, 0.3) is 0 Å². The highest BCUT2D eigenvalue weighted by Crippen LogP contribution is 2.43. The molecule has 1 spiro atoms. The lowest BCUT2D eigenvalue weighted by atomic mass is 9.70. The van der Waals surface area contributed by atoms with Crippen molar-refractivity contribution in [2.24, 2.45) is 11.8 Å². The van der Waals surface area contributed by atoms with Crippen molar-refractivity contribution in [3.05, 3.63) is 0 Å². The first-order chi connectivity index (χ1) is 10.2. The van der Waals surface area contributed by atoms with Crippen molar-refractivity contribution < 1.29 is 14.2 Å². The third-order valence-electron chi connectivity index (χ3n) is 5.92. The Labute approximate surface area is 127 Å². The van der Waals surface area contributed by atoms with Gasteiger partial charge in [-0.05, 0) is 31.6 Å². The van der Waals surface area contributed by atoms with Crippen LogP contribution in [-0.2, 0) is 14.2 Å². The third kappa shape index (κ3) is 2.99. The van der Waals surface area contributed by atoms with Crippen LogP contribution in [0.4, 0.5) is 0 Å². The first kappa shape index (κ1) is 15.7. The SMILES string of the molecule is COC1(C(NN)C2CCOC3(CCOC3)C2)CCCCC1. The molecule has 0 radical (unpaired) electrons. The first-order valence-corrected chi connectivity index (χ1v) is 8.47. The number of hydrazine groups is 1. The molecule has 0 aromatic carbocycles. The minimum atomic E-state index is -0.102. The van der Waals surface area contributed by atoms with Crippen molar-refractivity contribution in [3.8, 4) is 0 Å². The zero-order valence-electron chi connectivity index (χ0n) is 13.2. The average Bonchev–Trinajstić information content (AvgIpc) is 2.97. The van der Waals surface area contributed by atoms with Gasteiger partial charge in [0, 0.05) is 26.7 Å². The Morgan fingerprint density at radius 1 is 1.19 bits per heavy atom. The molecule has 3 rings (SSSR count). The van der Waals surface area contributed by atoms with E-state index in [0.29, 0.717) is 5.92 Å². The van der Waals surface area contributed by atoms with E-state index in [9.17, 15) is 0 Å². The second-order valence-corrected chi connectivity index (χ2v) is 7.06. The van der Waals surface area contributed by atoms with Gasteiger partial charge in [-0.1, -0.05) is 19.3 Å². The Bertz CT molecular complexity index is 338. The predicted octanol–water partition coefficient (Wildman–Crippen LogP) is 1.75. The molecule has 2 saturated heterocycles. The smallest absolute Gasteiger partial charge is 0.0939 e. The molecule has 2 heterocycles. The minimum absolute atomic E-state index is 0.0678. The lowest BCUT2D eigenvalue weighted by Crippen LogP contribution is -2.61. The van der Waals surface area contributed by atoms with E-state index in [1.54, 1.807) is 0 Å². The summed E-state index contributed by atoms with van der Waals surface area (Å²) in [6, 6.07) is 0.212. The van der Waals surface area contributed by atoms with Gasteiger partial charge >= 0.3 is 0 Å². The van der Waals surface area contributed by atoms with Gasteiger partial charge in [0.1, 0.15) is 0 Å². The molecule has 5 heteroatoms. The topological polar surface area (TPSA) is 65.7 Å². The van der Waals surface area contributed by atoms with E-state index in [0.717, 1.165) is 51.9 Å². The summed E-state index contributed by atoms with van der Waals surface area (Å²) in [4.78, 5) is 0. The van der Waals surface area contributed by atoms with Crippen LogP contribution in [-0.4, -0.2) is 44.2 Å². The minimum Gasteiger partial charge on any atom is -0.378 e. The lowest BCUT2D eigenvalue weighted by molar-refractivity contribution is -0.135. The average molecular weight is 298 g/mol. The molecule has 3 aliphatic rings. The highest BCUT2D eigenvalue weighted by atomic mass is 16.6. The highest BCUT2D eigenvalue weighted by molar-refractivity contribution is 5.02. The van der Waals surface area contributed by atoms with Crippen LogP contribution in [0.2, 0.25) is 0 Å². The summed E-state index contributed by atoms with van der Waals surface area (Å²) >= 11 is 0. The zero-order chi connectivity index (χ0) is 14.8. The summed E-state index contributed by atoms with van der Waals surface area (Å²) < 4.78 is 17.7. The fourth-order valence-corrected chi connectivity index (χ4v) is 4.72. The standard InChI is InChI=1S/C16H30N2O3/c1-19-16(6-3-2-4-7-16)14(18-17)13-5-9-21-15(11-13)8-10-20-12-15/h13-14,18H,2-12,17H2,1H3. The van der Waals surface area contributed by atoms with Crippen LogP contribution in [0.5, 0.6) is 0 Å². The van der Waals surface area contributed by atoms with E-state index >= 15 is 0 Å². The molecule has 21 heavy (non-hydrogen) atoms. The zero-order valence-corrected chi connectivity index (χ0v) is 13.2. The van der Waals surface area contributed by atoms with Crippen molar-refractivity contribution in [2.45, 2.75) is 68.6 Å². The van der Waals surface area contributed by atoms with E-state index < -0.39 is 0 Å². The second-order valence-electron chi connectivity index (χ2n) is 7.06. The summed E-state index contributed by atoms with van der Waals surface area (Å²) in [6.45, 7) is 2.37. The molecule has 122 valence electrons. The number of nitrogens with two attached hydrogens (primary N) is 1. The quantitative estimate of drug-likeness (QED) is 0.611.